The summed E-state index contributed by atoms with van der Waals surface area (Å²) in [5.41, 5.74) is 0. The number of hydrogen-bond donors (Lipinski definition) is 3. The largest absolute Gasteiger partial charge is 0.480 e. The fourth-order valence-corrected chi connectivity index (χ4v) is 1.57. The summed E-state index contributed by atoms with van der Waals surface area (Å²) in [6.45, 7) is 5.31. The molecule has 0 saturated carbocycles. The van der Waals surface area contributed by atoms with E-state index in [2.05, 4.69) is 10.6 Å². The van der Waals surface area contributed by atoms with E-state index in [4.69, 9.17) is 5.11 Å². The molecular formula is C13H25N3O4. The molecule has 0 aliphatic rings. The molecule has 3 atom stereocenters. The molecule has 2 amide bonds. The van der Waals surface area contributed by atoms with Crippen LogP contribution in [0.2, 0.25) is 0 Å². The molecule has 0 bridgehead atoms. The van der Waals surface area contributed by atoms with E-state index < -0.39 is 24.0 Å². The van der Waals surface area contributed by atoms with Gasteiger partial charge >= 0.3 is 5.97 Å². The first-order valence-corrected chi connectivity index (χ1v) is 6.66. The number of carboxylic acids is 1. The lowest BCUT2D eigenvalue weighted by molar-refractivity contribution is -0.142. The predicted octanol–water partition coefficient (Wildman–Crippen LogP) is -0.332. The van der Waals surface area contributed by atoms with Gasteiger partial charge in [-0.1, -0.05) is 20.3 Å². The van der Waals surface area contributed by atoms with Crippen molar-refractivity contribution in [3.8, 4) is 0 Å². The first kappa shape index (κ1) is 18.4. The lowest BCUT2D eigenvalue weighted by Gasteiger charge is -2.25. The zero-order chi connectivity index (χ0) is 15.9. The highest BCUT2D eigenvalue weighted by molar-refractivity contribution is 5.90. The molecule has 20 heavy (non-hydrogen) atoms. The maximum absolute atomic E-state index is 12.1. The van der Waals surface area contributed by atoms with Gasteiger partial charge in [-0.2, -0.15) is 0 Å². The average Bonchev–Trinajstić information content (AvgIpc) is 2.33. The Bertz CT molecular complexity index is 358. The maximum Gasteiger partial charge on any atom is 0.325 e. The molecule has 0 aromatic rings. The van der Waals surface area contributed by atoms with Crippen LogP contribution in [0.15, 0.2) is 0 Å². The minimum absolute atomic E-state index is 0.0814. The van der Waals surface area contributed by atoms with Gasteiger partial charge in [0.25, 0.3) is 0 Å². The minimum atomic E-state index is -1.11. The minimum Gasteiger partial charge on any atom is -0.480 e. The molecule has 0 aliphatic heterocycles. The fraction of sp³-hybridized carbons (Fsp3) is 0.769. The Morgan fingerprint density at radius 1 is 1.15 bits per heavy atom. The molecule has 0 saturated heterocycles. The third-order valence-electron chi connectivity index (χ3n) is 3.00. The van der Waals surface area contributed by atoms with Crippen molar-refractivity contribution in [2.24, 2.45) is 5.92 Å². The molecule has 7 heteroatoms. The van der Waals surface area contributed by atoms with E-state index in [1.807, 2.05) is 13.8 Å². The monoisotopic (exact) mass is 287 g/mol. The Balaban J connectivity index is 4.75. The molecule has 0 aliphatic carbocycles. The van der Waals surface area contributed by atoms with Gasteiger partial charge in [0.1, 0.15) is 12.1 Å². The number of carbonyl (C=O) groups excluding carboxylic acids is 2. The molecular weight excluding hydrogens is 262 g/mol. The Labute approximate surface area is 119 Å². The highest BCUT2D eigenvalue weighted by Crippen LogP contribution is 2.08. The van der Waals surface area contributed by atoms with Crippen molar-refractivity contribution in [3.05, 3.63) is 0 Å². The maximum atomic E-state index is 12.1. The zero-order valence-corrected chi connectivity index (χ0v) is 12.8. The predicted molar refractivity (Wildman–Crippen MR) is 75.2 cm³/mol. The van der Waals surface area contributed by atoms with Gasteiger partial charge in [0, 0.05) is 0 Å². The van der Waals surface area contributed by atoms with Crippen LogP contribution in [0.5, 0.6) is 0 Å². The number of rotatable bonds is 8. The summed E-state index contributed by atoms with van der Waals surface area (Å²) < 4.78 is 0. The molecule has 0 rings (SSSR count). The first-order chi connectivity index (χ1) is 9.18. The van der Waals surface area contributed by atoms with E-state index in [0.717, 1.165) is 0 Å². The van der Waals surface area contributed by atoms with Gasteiger partial charge in [-0.3, -0.25) is 14.4 Å². The van der Waals surface area contributed by atoms with Crippen molar-refractivity contribution in [2.75, 3.05) is 20.6 Å². The number of nitrogens with zero attached hydrogens (tertiary/aromatic N) is 1. The van der Waals surface area contributed by atoms with E-state index >= 15 is 0 Å². The second-order valence-electron chi connectivity index (χ2n) is 5.24. The van der Waals surface area contributed by atoms with Gasteiger partial charge in [0.2, 0.25) is 11.8 Å². The van der Waals surface area contributed by atoms with Crippen molar-refractivity contribution in [2.45, 2.75) is 39.3 Å². The van der Waals surface area contributed by atoms with Gasteiger partial charge in [-0.15, -0.1) is 0 Å². The number of aliphatic carboxylic acids is 1. The number of hydrogen-bond acceptors (Lipinski definition) is 4. The molecule has 116 valence electrons. The second-order valence-corrected chi connectivity index (χ2v) is 5.24. The first-order valence-electron chi connectivity index (χ1n) is 6.66. The zero-order valence-electron chi connectivity index (χ0n) is 12.8. The Morgan fingerprint density at radius 3 is 2.10 bits per heavy atom. The third kappa shape index (κ3) is 6.51. The SMILES string of the molecule is CCC(C)C(NC(=O)CN(C)C)C(=O)N[C@H](C)C(=O)O. The lowest BCUT2D eigenvalue weighted by atomic mass is 9.98. The van der Waals surface area contributed by atoms with Crippen molar-refractivity contribution < 1.29 is 19.5 Å². The third-order valence-corrected chi connectivity index (χ3v) is 3.00. The van der Waals surface area contributed by atoms with Crippen LogP contribution in [-0.2, 0) is 14.4 Å². The quantitative estimate of drug-likeness (QED) is 0.568. The van der Waals surface area contributed by atoms with Gasteiger partial charge in [-0.05, 0) is 26.9 Å². The van der Waals surface area contributed by atoms with Crippen molar-refractivity contribution in [1.82, 2.24) is 15.5 Å². The lowest BCUT2D eigenvalue weighted by Crippen LogP contribution is -2.54. The number of carbonyl (C=O) groups is 3. The van der Waals surface area contributed by atoms with E-state index in [0.29, 0.717) is 6.42 Å². The van der Waals surface area contributed by atoms with Crippen LogP contribution in [0.25, 0.3) is 0 Å². The number of likely N-dealkylation sites (N-methyl/N-ethyl adjacent to an activating group) is 1. The van der Waals surface area contributed by atoms with E-state index in [-0.39, 0.29) is 18.4 Å². The normalized spacial score (nSPS) is 15.3. The fourth-order valence-electron chi connectivity index (χ4n) is 1.57. The highest BCUT2D eigenvalue weighted by atomic mass is 16.4. The number of nitrogens with one attached hydrogen (secondary N) is 2. The number of amides is 2. The molecule has 0 radical (unpaired) electrons. The summed E-state index contributed by atoms with van der Waals surface area (Å²) in [5, 5.41) is 13.8. The molecule has 3 N–H and O–H groups in total. The Kier molecular flexibility index (Phi) is 7.83. The van der Waals surface area contributed by atoms with Crippen LogP contribution in [-0.4, -0.2) is 60.5 Å². The second kappa shape index (κ2) is 8.52. The molecule has 0 spiro atoms. The van der Waals surface area contributed by atoms with E-state index in [1.165, 1.54) is 6.92 Å². The van der Waals surface area contributed by atoms with Crippen molar-refractivity contribution >= 4 is 17.8 Å². The molecule has 0 fully saturated rings. The van der Waals surface area contributed by atoms with Crippen LogP contribution in [0.3, 0.4) is 0 Å². The molecule has 0 aromatic carbocycles. The van der Waals surface area contributed by atoms with Crippen molar-refractivity contribution in [1.29, 1.82) is 0 Å². The van der Waals surface area contributed by atoms with Crippen LogP contribution in [0, 0.1) is 5.92 Å². The summed E-state index contributed by atoms with van der Waals surface area (Å²) in [6, 6.07) is -1.71. The van der Waals surface area contributed by atoms with Crippen molar-refractivity contribution in [3.63, 3.8) is 0 Å². The summed E-state index contributed by atoms with van der Waals surface area (Å²) in [5.74, 6) is -1.93. The topological polar surface area (TPSA) is 98.7 Å². The van der Waals surface area contributed by atoms with Gasteiger partial charge in [-0.25, -0.2) is 0 Å². The van der Waals surface area contributed by atoms with E-state index in [1.54, 1.807) is 19.0 Å². The molecule has 2 unspecified atom stereocenters. The summed E-state index contributed by atoms with van der Waals surface area (Å²) in [7, 11) is 3.51. The molecule has 0 heterocycles. The van der Waals surface area contributed by atoms with Crippen LogP contribution < -0.4 is 10.6 Å². The average molecular weight is 287 g/mol. The standard InChI is InChI=1S/C13H25N3O4/c1-6-8(2)11(15-10(17)7-16(4)5)12(18)14-9(3)13(19)20/h8-9,11H,6-7H2,1-5H3,(H,14,18)(H,15,17)(H,19,20)/t8?,9-,11?/m1/s1. The molecule has 0 aromatic heterocycles. The van der Waals surface area contributed by atoms with Gasteiger partial charge in [0.15, 0.2) is 0 Å². The molecule has 7 nitrogen and oxygen atoms in total. The smallest absolute Gasteiger partial charge is 0.325 e. The van der Waals surface area contributed by atoms with Gasteiger partial charge < -0.3 is 20.6 Å². The Morgan fingerprint density at radius 2 is 1.70 bits per heavy atom. The summed E-state index contributed by atoms with van der Waals surface area (Å²) >= 11 is 0. The highest BCUT2D eigenvalue weighted by Gasteiger charge is 2.28. The van der Waals surface area contributed by atoms with Gasteiger partial charge in [0.05, 0.1) is 6.54 Å². The van der Waals surface area contributed by atoms with Crippen LogP contribution in [0.1, 0.15) is 27.2 Å². The Hall–Kier alpha value is -1.63. The summed E-state index contributed by atoms with van der Waals surface area (Å²) in [6.07, 6.45) is 0.696. The van der Waals surface area contributed by atoms with Crippen LogP contribution >= 0.6 is 0 Å². The van der Waals surface area contributed by atoms with E-state index in [9.17, 15) is 14.4 Å². The number of carboxylic acid groups (broad SMARTS) is 1. The summed E-state index contributed by atoms with van der Waals surface area (Å²) in [4.78, 5) is 36.3. The van der Waals surface area contributed by atoms with Crippen LogP contribution in [0.4, 0.5) is 0 Å².